The SMILES string of the molecule is Cl.Cl.O=C(Nc1ccccc1NCC(F)(F)F)C1CCCNC1. The molecule has 0 aliphatic carbocycles. The molecule has 0 bridgehead atoms. The Morgan fingerprint density at radius 2 is 1.87 bits per heavy atom. The molecule has 1 aromatic carbocycles. The number of nitrogens with one attached hydrogen (secondary N) is 3. The summed E-state index contributed by atoms with van der Waals surface area (Å²) >= 11 is 0. The normalized spacial score (nSPS) is 17.4. The molecule has 0 radical (unpaired) electrons. The van der Waals surface area contributed by atoms with Crippen LogP contribution < -0.4 is 16.0 Å². The van der Waals surface area contributed by atoms with Gasteiger partial charge in [0.15, 0.2) is 0 Å². The van der Waals surface area contributed by atoms with Crippen molar-refractivity contribution in [2.24, 2.45) is 5.92 Å². The summed E-state index contributed by atoms with van der Waals surface area (Å²) in [4.78, 5) is 12.1. The molecular weight excluding hydrogens is 354 g/mol. The third kappa shape index (κ3) is 7.28. The smallest absolute Gasteiger partial charge is 0.375 e. The van der Waals surface area contributed by atoms with Crippen molar-refractivity contribution in [1.82, 2.24) is 5.32 Å². The van der Waals surface area contributed by atoms with E-state index in [4.69, 9.17) is 0 Å². The lowest BCUT2D eigenvalue weighted by Crippen LogP contribution is -2.37. The fourth-order valence-corrected chi connectivity index (χ4v) is 2.25. The van der Waals surface area contributed by atoms with Gasteiger partial charge in [-0.2, -0.15) is 13.2 Å². The standard InChI is InChI=1S/C14H18F3N3O.2ClH/c15-14(16,17)9-19-11-5-1-2-6-12(11)20-13(21)10-4-3-7-18-8-10;;/h1-2,5-6,10,18-19H,3-4,7-9H2,(H,20,21);2*1H. The van der Waals surface area contributed by atoms with E-state index in [-0.39, 0.29) is 42.3 Å². The Labute approximate surface area is 145 Å². The Bertz CT molecular complexity index is 494. The van der Waals surface area contributed by atoms with E-state index in [2.05, 4.69) is 16.0 Å². The summed E-state index contributed by atoms with van der Waals surface area (Å²) in [5, 5.41) is 8.15. The van der Waals surface area contributed by atoms with Crippen molar-refractivity contribution in [3.63, 3.8) is 0 Å². The van der Waals surface area contributed by atoms with Crippen LogP contribution in [0.15, 0.2) is 24.3 Å². The second kappa shape index (κ2) is 9.85. The Morgan fingerprint density at radius 3 is 2.43 bits per heavy atom. The lowest BCUT2D eigenvalue weighted by atomic mass is 9.99. The molecule has 1 atom stereocenters. The fourth-order valence-electron chi connectivity index (χ4n) is 2.25. The first-order chi connectivity index (χ1) is 9.96. The number of alkyl halides is 3. The molecule has 2 rings (SSSR count). The zero-order chi connectivity index (χ0) is 15.3. The predicted octanol–water partition coefficient (Wildman–Crippen LogP) is 3.44. The van der Waals surface area contributed by atoms with E-state index in [1.165, 1.54) is 6.07 Å². The van der Waals surface area contributed by atoms with Crippen LogP contribution in [-0.2, 0) is 4.79 Å². The van der Waals surface area contributed by atoms with Crippen LogP contribution in [0, 0.1) is 5.92 Å². The number of piperidine rings is 1. The van der Waals surface area contributed by atoms with Gasteiger partial charge in [0.2, 0.25) is 5.91 Å². The van der Waals surface area contributed by atoms with E-state index >= 15 is 0 Å². The number of benzene rings is 1. The largest absolute Gasteiger partial charge is 0.405 e. The van der Waals surface area contributed by atoms with Crippen LogP contribution >= 0.6 is 24.8 Å². The minimum absolute atomic E-state index is 0. The molecular formula is C14H20Cl2F3N3O. The number of hydrogen-bond donors (Lipinski definition) is 3. The number of carbonyl (C=O) groups excluding carboxylic acids is 1. The fraction of sp³-hybridized carbons (Fsp3) is 0.500. The molecule has 0 aromatic heterocycles. The topological polar surface area (TPSA) is 53.2 Å². The number of anilines is 2. The van der Waals surface area contributed by atoms with Gasteiger partial charge in [-0.15, -0.1) is 24.8 Å². The van der Waals surface area contributed by atoms with Gasteiger partial charge in [-0.25, -0.2) is 0 Å². The molecule has 1 aromatic rings. The summed E-state index contributed by atoms with van der Waals surface area (Å²) in [6, 6.07) is 6.40. The molecule has 1 unspecified atom stereocenters. The summed E-state index contributed by atoms with van der Waals surface area (Å²) in [6.07, 6.45) is -2.59. The lowest BCUT2D eigenvalue weighted by molar-refractivity contribution is -0.120. The average Bonchev–Trinajstić information content (AvgIpc) is 2.46. The zero-order valence-corrected chi connectivity index (χ0v) is 13.9. The number of rotatable bonds is 4. The summed E-state index contributed by atoms with van der Waals surface area (Å²) in [5.41, 5.74) is 0.643. The average molecular weight is 374 g/mol. The number of para-hydroxylation sites is 2. The van der Waals surface area contributed by atoms with E-state index in [0.29, 0.717) is 12.2 Å². The van der Waals surface area contributed by atoms with Gasteiger partial charge >= 0.3 is 6.18 Å². The molecule has 9 heteroatoms. The number of carbonyl (C=O) groups is 1. The van der Waals surface area contributed by atoms with E-state index in [0.717, 1.165) is 19.4 Å². The highest BCUT2D eigenvalue weighted by Gasteiger charge is 2.27. The van der Waals surface area contributed by atoms with Crippen molar-refractivity contribution in [1.29, 1.82) is 0 Å². The van der Waals surface area contributed by atoms with Gasteiger partial charge in [-0.1, -0.05) is 12.1 Å². The third-order valence-corrected chi connectivity index (χ3v) is 3.33. The van der Waals surface area contributed by atoms with Crippen LogP contribution in [0.4, 0.5) is 24.5 Å². The van der Waals surface area contributed by atoms with Gasteiger partial charge in [0.1, 0.15) is 6.54 Å². The molecule has 3 N–H and O–H groups in total. The van der Waals surface area contributed by atoms with Crippen molar-refractivity contribution >= 4 is 42.1 Å². The van der Waals surface area contributed by atoms with Gasteiger partial charge in [0.25, 0.3) is 0 Å². The van der Waals surface area contributed by atoms with Crippen LogP contribution in [-0.4, -0.2) is 31.7 Å². The third-order valence-electron chi connectivity index (χ3n) is 3.33. The maximum absolute atomic E-state index is 12.3. The molecule has 1 fully saturated rings. The first-order valence-electron chi connectivity index (χ1n) is 6.87. The molecule has 1 aliphatic rings. The Kier molecular flexibility index (Phi) is 9.34. The van der Waals surface area contributed by atoms with Crippen molar-refractivity contribution in [2.75, 3.05) is 30.3 Å². The van der Waals surface area contributed by atoms with E-state index in [9.17, 15) is 18.0 Å². The van der Waals surface area contributed by atoms with Crippen LogP contribution in [0.5, 0.6) is 0 Å². The first-order valence-corrected chi connectivity index (χ1v) is 6.87. The molecule has 1 amide bonds. The van der Waals surface area contributed by atoms with Crippen LogP contribution in [0.2, 0.25) is 0 Å². The highest BCUT2D eigenvalue weighted by atomic mass is 35.5. The zero-order valence-electron chi connectivity index (χ0n) is 12.3. The van der Waals surface area contributed by atoms with Crippen molar-refractivity contribution < 1.29 is 18.0 Å². The molecule has 1 heterocycles. The first kappa shape index (κ1) is 21.8. The van der Waals surface area contributed by atoms with Crippen molar-refractivity contribution in [2.45, 2.75) is 19.0 Å². The molecule has 4 nitrogen and oxygen atoms in total. The predicted molar refractivity (Wildman–Crippen MR) is 89.7 cm³/mol. The number of amides is 1. The van der Waals surface area contributed by atoms with Gasteiger partial charge in [0.05, 0.1) is 17.3 Å². The van der Waals surface area contributed by atoms with Crippen LogP contribution in [0.1, 0.15) is 12.8 Å². The van der Waals surface area contributed by atoms with Gasteiger partial charge in [-0.3, -0.25) is 4.79 Å². The van der Waals surface area contributed by atoms with E-state index in [1.807, 2.05) is 0 Å². The summed E-state index contributed by atoms with van der Waals surface area (Å²) < 4.78 is 36.8. The summed E-state index contributed by atoms with van der Waals surface area (Å²) in [5.74, 6) is -0.308. The summed E-state index contributed by atoms with van der Waals surface area (Å²) in [7, 11) is 0. The Hall–Kier alpha value is -1.18. The van der Waals surface area contributed by atoms with Gasteiger partial charge < -0.3 is 16.0 Å². The molecule has 0 saturated carbocycles. The van der Waals surface area contributed by atoms with Crippen LogP contribution in [0.3, 0.4) is 0 Å². The van der Waals surface area contributed by atoms with Crippen molar-refractivity contribution in [3.8, 4) is 0 Å². The molecule has 23 heavy (non-hydrogen) atoms. The quantitative estimate of drug-likeness (QED) is 0.757. The van der Waals surface area contributed by atoms with E-state index < -0.39 is 12.7 Å². The molecule has 1 saturated heterocycles. The minimum Gasteiger partial charge on any atom is -0.375 e. The second-order valence-corrected chi connectivity index (χ2v) is 5.05. The minimum atomic E-state index is -4.30. The number of hydrogen-bond acceptors (Lipinski definition) is 3. The second-order valence-electron chi connectivity index (χ2n) is 5.05. The maximum Gasteiger partial charge on any atom is 0.405 e. The Balaban J connectivity index is 0.00000242. The molecule has 1 aliphatic heterocycles. The van der Waals surface area contributed by atoms with Gasteiger partial charge in [0, 0.05) is 6.54 Å². The van der Waals surface area contributed by atoms with Crippen LogP contribution in [0.25, 0.3) is 0 Å². The molecule has 132 valence electrons. The van der Waals surface area contributed by atoms with Crippen molar-refractivity contribution in [3.05, 3.63) is 24.3 Å². The Morgan fingerprint density at radius 1 is 1.22 bits per heavy atom. The van der Waals surface area contributed by atoms with Gasteiger partial charge in [-0.05, 0) is 31.5 Å². The highest BCUT2D eigenvalue weighted by Crippen LogP contribution is 2.24. The lowest BCUT2D eigenvalue weighted by Gasteiger charge is -2.22. The van der Waals surface area contributed by atoms with E-state index in [1.54, 1.807) is 18.2 Å². The highest BCUT2D eigenvalue weighted by molar-refractivity contribution is 5.95. The maximum atomic E-state index is 12.3. The molecule has 0 spiro atoms. The monoisotopic (exact) mass is 373 g/mol. The summed E-state index contributed by atoms with van der Waals surface area (Å²) in [6.45, 7) is 0.363. The number of halogens is 5.